The highest BCUT2D eigenvalue weighted by Gasteiger charge is 2.27. The summed E-state index contributed by atoms with van der Waals surface area (Å²) in [6.07, 6.45) is 4.02. The summed E-state index contributed by atoms with van der Waals surface area (Å²) in [5.41, 5.74) is 4.18. The van der Waals surface area contributed by atoms with Gasteiger partial charge in [0.1, 0.15) is 11.7 Å². The number of likely N-dealkylation sites (N-methyl/N-ethyl adjacent to an activating group) is 1. The molecule has 1 aliphatic rings. The molecule has 1 atom stereocenters. The van der Waals surface area contributed by atoms with Gasteiger partial charge < -0.3 is 14.4 Å². The third-order valence-corrected chi connectivity index (χ3v) is 4.35. The lowest BCUT2D eigenvalue weighted by atomic mass is 9.90. The van der Waals surface area contributed by atoms with Gasteiger partial charge in [-0.3, -0.25) is 4.98 Å². The monoisotopic (exact) mass is 354 g/mol. The van der Waals surface area contributed by atoms with Gasteiger partial charge in [0.05, 0.1) is 13.2 Å². The van der Waals surface area contributed by atoms with Crippen molar-refractivity contribution in [3.8, 4) is 11.1 Å². The molecule has 2 aromatic rings. The van der Waals surface area contributed by atoms with Crippen molar-refractivity contribution >= 4 is 6.09 Å². The van der Waals surface area contributed by atoms with E-state index in [4.69, 9.17) is 9.47 Å². The van der Waals surface area contributed by atoms with E-state index < -0.39 is 5.60 Å². The number of rotatable bonds is 3. The topological polar surface area (TPSA) is 51.7 Å². The highest BCUT2D eigenvalue weighted by molar-refractivity contribution is 5.69. The van der Waals surface area contributed by atoms with Crippen molar-refractivity contribution in [2.24, 2.45) is 0 Å². The molecule has 0 radical (unpaired) electrons. The molecule has 1 amide bonds. The Bertz CT molecular complexity index is 769. The van der Waals surface area contributed by atoms with E-state index in [0.717, 1.165) is 17.5 Å². The van der Waals surface area contributed by atoms with E-state index in [2.05, 4.69) is 23.2 Å². The first-order valence-electron chi connectivity index (χ1n) is 8.93. The molecule has 0 unspecified atom stereocenters. The van der Waals surface area contributed by atoms with Gasteiger partial charge >= 0.3 is 6.09 Å². The SMILES string of the molecule is CN(C[C@@H]1OCCc2c(-c3cccnc3)cccc21)C(=O)OC(C)(C)C. The first-order chi connectivity index (χ1) is 12.3. The second-order valence-electron chi connectivity index (χ2n) is 7.59. The summed E-state index contributed by atoms with van der Waals surface area (Å²) < 4.78 is 11.4. The lowest BCUT2D eigenvalue weighted by Gasteiger charge is -2.32. The number of fused-ring (bicyclic) bond motifs is 1. The zero-order valence-electron chi connectivity index (χ0n) is 15.9. The van der Waals surface area contributed by atoms with Gasteiger partial charge in [-0.05, 0) is 49.9 Å². The summed E-state index contributed by atoms with van der Waals surface area (Å²) in [7, 11) is 1.75. The molecule has 1 aliphatic heterocycles. The fourth-order valence-electron chi connectivity index (χ4n) is 3.19. The van der Waals surface area contributed by atoms with Crippen LogP contribution in [0.5, 0.6) is 0 Å². The fraction of sp³-hybridized carbons (Fsp3) is 0.429. The minimum absolute atomic E-state index is 0.159. The first kappa shape index (κ1) is 18.4. The number of amides is 1. The molecule has 138 valence electrons. The molecule has 0 fully saturated rings. The number of pyridine rings is 1. The van der Waals surface area contributed by atoms with E-state index in [1.165, 1.54) is 11.1 Å². The zero-order valence-corrected chi connectivity index (χ0v) is 15.9. The summed E-state index contributed by atoms with van der Waals surface area (Å²) >= 11 is 0. The number of hydrogen-bond acceptors (Lipinski definition) is 4. The van der Waals surface area contributed by atoms with Crippen LogP contribution in [0.4, 0.5) is 4.79 Å². The van der Waals surface area contributed by atoms with E-state index >= 15 is 0 Å². The highest BCUT2D eigenvalue weighted by Crippen LogP contribution is 2.34. The van der Waals surface area contributed by atoms with Gasteiger partial charge in [0.15, 0.2) is 0 Å². The average Bonchev–Trinajstić information content (AvgIpc) is 2.61. The maximum atomic E-state index is 12.3. The first-order valence-corrected chi connectivity index (χ1v) is 8.93. The summed E-state index contributed by atoms with van der Waals surface area (Å²) in [4.78, 5) is 18.1. The normalized spacial score (nSPS) is 16.7. The Morgan fingerprint density at radius 1 is 1.31 bits per heavy atom. The summed E-state index contributed by atoms with van der Waals surface area (Å²) in [6.45, 7) is 6.69. The van der Waals surface area contributed by atoms with Crippen LogP contribution in [0.2, 0.25) is 0 Å². The Morgan fingerprint density at radius 3 is 2.81 bits per heavy atom. The fourth-order valence-corrected chi connectivity index (χ4v) is 3.19. The maximum Gasteiger partial charge on any atom is 0.410 e. The van der Waals surface area contributed by atoms with Crippen LogP contribution < -0.4 is 0 Å². The third-order valence-electron chi connectivity index (χ3n) is 4.35. The van der Waals surface area contributed by atoms with Gasteiger partial charge in [-0.25, -0.2) is 4.79 Å². The van der Waals surface area contributed by atoms with Crippen molar-refractivity contribution in [3.05, 3.63) is 53.9 Å². The molecule has 3 rings (SSSR count). The van der Waals surface area contributed by atoms with E-state index in [1.807, 2.05) is 39.1 Å². The third kappa shape index (κ3) is 4.22. The molecule has 5 heteroatoms. The van der Waals surface area contributed by atoms with Gasteiger partial charge in [-0.15, -0.1) is 0 Å². The Hall–Kier alpha value is -2.40. The molecular formula is C21H26N2O3. The van der Waals surface area contributed by atoms with Gasteiger partial charge in [0, 0.05) is 25.0 Å². The lowest BCUT2D eigenvalue weighted by Crippen LogP contribution is -2.38. The number of carbonyl (C=O) groups excluding carboxylic acids is 1. The molecule has 2 heterocycles. The number of carbonyl (C=O) groups is 1. The number of aromatic nitrogens is 1. The molecule has 5 nitrogen and oxygen atoms in total. The highest BCUT2D eigenvalue weighted by atomic mass is 16.6. The van der Waals surface area contributed by atoms with E-state index in [0.29, 0.717) is 13.2 Å². The van der Waals surface area contributed by atoms with Crippen molar-refractivity contribution in [3.63, 3.8) is 0 Å². The predicted molar refractivity (Wildman–Crippen MR) is 101 cm³/mol. The molecule has 1 aromatic heterocycles. The Morgan fingerprint density at radius 2 is 2.12 bits per heavy atom. The van der Waals surface area contributed by atoms with Gasteiger partial charge in [0.25, 0.3) is 0 Å². The number of benzene rings is 1. The van der Waals surface area contributed by atoms with Crippen molar-refractivity contribution in [2.45, 2.75) is 38.9 Å². The molecule has 26 heavy (non-hydrogen) atoms. The standard InChI is InChI=1S/C21H26N2O3/c1-21(2,3)26-20(24)23(4)14-19-18-9-5-8-16(17(18)10-12-25-19)15-7-6-11-22-13-15/h5-9,11,13,19H,10,12,14H2,1-4H3/t19-/m0/s1. The molecule has 0 saturated heterocycles. The minimum atomic E-state index is -0.510. The molecule has 0 N–H and O–H groups in total. The van der Waals surface area contributed by atoms with Crippen molar-refractivity contribution in [1.29, 1.82) is 0 Å². The van der Waals surface area contributed by atoms with Gasteiger partial charge in [0.2, 0.25) is 0 Å². The van der Waals surface area contributed by atoms with Crippen molar-refractivity contribution in [1.82, 2.24) is 9.88 Å². The maximum absolute atomic E-state index is 12.3. The van der Waals surface area contributed by atoms with Crippen molar-refractivity contribution in [2.75, 3.05) is 20.2 Å². The number of ether oxygens (including phenoxy) is 2. The average molecular weight is 354 g/mol. The van der Waals surface area contributed by atoms with Crippen LogP contribution in [0.1, 0.15) is 38.0 Å². The smallest absolute Gasteiger partial charge is 0.410 e. The van der Waals surface area contributed by atoms with Crippen LogP contribution in [0.15, 0.2) is 42.7 Å². The minimum Gasteiger partial charge on any atom is -0.444 e. The molecular weight excluding hydrogens is 328 g/mol. The second-order valence-corrected chi connectivity index (χ2v) is 7.59. The van der Waals surface area contributed by atoms with E-state index in [1.54, 1.807) is 18.1 Å². The van der Waals surface area contributed by atoms with E-state index in [9.17, 15) is 4.79 Å². The van der Waals surface area contributed by atoms with Crippen LogP contribution in [-0.2, 0) is 15.9 Å². The van der Waals surface area contributed by atoms with Crippen LogP contribution in [0, 0.1) is 0 Å². The summed E-state index contributed by atoms with van der Waals surface area (Å²) in [5, 5.41) is 0. The van der Waals surface area contributed by atoms with Gasteiger partial charge in [-0.2, -0.15) is 0 Å². The molecule has 0 bridgehead atoms. The number of nitrogens with zero attached hydrogens (tertiary/aromatic N) is 2. The van der Waals surface area contributed by atoms with Crippen LogP contribution in [-0.4, -0.2) is 41.8 Å². The number of hydrogen-bond donors (Lipinski definition) is 0. The van der Waals surface area contributed by atoms with Crippen LogP contribution >= 0.6 is 0 Å². The second kappa shape index (κ2) is 7.46. The Balaban J connectivity index is 1.83. The molecule has 0 aliphatic carbocycles. The quantitative estimate of drug-likeness (QED) is 0.828. The van der Waals surface area contributed by atoms with Crippen molar-refractivity contribution < 1.29 is 14.3 Å². The lowest BCUT2D eigenvalue weighted by molar-refractivity contribution is -0.00157. The zero-order chi connectivity index (χ0) is 18.7. The Labute approximate surface area is 155 Å². The Kier molecular flexibility index (Phi) is 5.28. The molecule has 0 saturated carbocycles. The van der Waals surface area contributed by atoms with Gasteiger partial charge in [-0.1, -0.05) is 24.3 Å². The summed E-state index contributed by atoms with van der Waals surface area (Å²) in [6, 6.07) is 10.3. The molecule has 0 spiro atoms. The van der Waals surface area contributed by atoms with Crippen LogP contribution in [0.25, 0.3) is 11.1 Å². The summed E-state index contributed by atoms with van der Waals surface area (Å²) in [5.74, 6) is 0. The molecule has 1 aromatic carbocycles. The van der Waals surface area contributed by atoms with E-state index in [-0.39, 0.29) is 12.2 Å². The van der Waals surface area contributed by atoms with Crippen LogP contribution in [0.3, 0.4) is 0 Å². The predicted octanol–water partition coefficient (Wildman–Crippen LogP) is 4.23. The largest absolute Gasteiger partial charge is 0.444 e.